The summed E-state index contributed by atoms with van der Waals surface area (Å²) in [7, 11) is 0. The quantitative estimate of drug-likeness (QED) is 0.887. The minimum absolute atomic E-state index is 0.490. The van der Waals surface area contributed by atoms with E-state index in [0.717, 1.165) is 14.9 Å². The Balaban J connectivity index is 2.13. The molecule has 16 heavy (non-hydrogen) atoms. The van der Waals surface area contributed by atoms with Gasteiger partial charge in [-0.3, -0.25) is 0 Å². The molecule has 2 rings (SSSR count). The van der Waals surface area contributed by atoms with Crippen LogP contribution in [0.25, 0.3) is 0 Å². The molecule has 1 unspecified atom stereocenters. The topological polar surface area (TPSA) is 20.2 Å². The van der Waals surface area contributed by atoms with Gasteiger partial charge in [-0.1, -0.05) is 45.7 Å². The summed E-state index contributed by atoms with van der Waals surface area (Å²) in [5, 5.41) is 10.0. The van der Waals surface area contributed by atoms with Crippen LogP contribution in [0.1, 0.15) is 16.5 Å². The summed E-state index contributed by atoms with van der Waals surface area (Å²) in [6.07, 6.45) is 0.106. The van der Waals surface area contributed by atoms with Crippen molar-refractivity contribution in [2.45, 2.75) is 12.5 Å². The van der Waals surface area contributed by atoms with Gasteiger partial charge in [-0.2, -0.15) is 0 Å². The first-order chi connectivity index (χ1) is 7.66. The van der Waals surface area contributed by atoms with Gasteiger partial charge in [0.1, 0.15) is 0 Å². The summed E-state index contributed by atoms with van der Waals surface area (Å²) < 4.78 is 1.73. The monoisotopic (exact) mass is 316 g/mol. The van der Waals surface area contributed by atoms with Crippen molar-refractivity contribution >= 4 is 38.9 Å². The van der Waals surface area contributed by atoms with Gasteiger partial charge in [-0.25, -0.2) is 0 Å². The number of aliphatic hydroxyl groups is 1. The van der Waals surface area contributed by atoms with Gasteiger partial charge in [0.05, 0.1) is 10.4 Å². The van der Waals surface area contributed by atoms with Crippen molar-refractivity contribution in [1.29, 1.82) is 0 Å². The number of hydrogen-bond donors (Lipinski definition) is 1. The lowest BCUT2D eigenvalue weighted by molar-refractivity contribution is 0.182. The highest BCUT2D eigenvalue weighted by Gasteiger charge is 2.12. The molecule has 1 aromatic carbocycles. The Bertz CT molecular complexity index is 483. The van der Waals surface area contributed by atoms with E-state index in [-0.39, 0.29) is 0 Å². The van der Waals surface area contributed by atoms with Crippen LogP contribution >= 0.6 is 38.9 Å². The molecule has 84 valence electrons. The molecule has 0 bridgehead atoms. The van der Waals surface area contributed by atoms with Crippen LogP contribution in [0.15, 0.2) is 40.9 Å². The molecule has 0 saturated heterocycles. The lowest BCUT2D eigenvalue weighted by atomic mass is 10.1. The molecule has 1 aromatic heterocycles. The van der Waals surface area contributed by atoms with E-state index >= 15 is 0 Å². The highest BCUT2D eigenvalue weighted by Crippen LogP contribution is 2.30. The first-order valence-corrected chi connectivity index (χ1v) is 6.82. The standard InChI is InChI=1S/C12H10BrClOS/c13-9-4-2-1-3-8(9)7-10(15)11-5-6-12(14)16-11/h1-6,10,15H,7H2. The van der Waals surface area contributed by atoms with Gasteiger partial charge in [0, 0.05) is 15.8 Å². The van der Waals surface area contributed by atoms with Gasteiger partial charge in [-0.05, 0) is 23.8 Å². The van der Waals surface area contributed by atoms with Crippen LogP contribution in [0, 0.1) is 0 Å². The number of halogens is 2. The molecule has 2 aromatic rings. The lowest BCUT2D eigenvalue weighted by Gasteiger charge is -2.09. The van der Waals surface area contributed by atoms with Crippen molar-refractivity contribution in [3.05, 3.63) is 55.6 Å². The number of thiophene rings is 1. The predicted octanol–water partition coefficient (Wildman–Crippen LogP) is 4.44. The Labute approximate surface area is 112 Å². The van der Waals surface area contributed by atoms with Crippen LogP contribution in [0.3, 0.4) is 0 Å². The van der Waals surface area contributed by atoms with Gasteiger partial charge in [0.2, 0.25) is 0 Å². The van der Waals surface area contributed by atoms with Gasteiger partial charge in [0.15, 0.2) is 0 Å². The van der Waals surface area contributed by atoms with E-state index < -0.39 is 6.10 Å². The maximum Gasteiger partial charge on any atom is 0.0932 e. The largest absolute Gasteiger partial charge is 0.387 e. The third-order valence-corrected chi connectivity index (χ3v) is 4.40. The minimum Gasteiger partial charge on any atom is -0.387 e. The molecule has 0 radical (unpaired) electrons. The molecule has 1 atom stereocenters. The molecular weight excluding hydrogens is 308 g/mol. The van der Waals surface area contributed by atoms with Crippen molar-refractivity contribution in [3.63, 3.8) is 0 Å². The SMILES string of the molecule is OC(Cc1ccccc1Br)c1ccc(Cl)s1. The molecule has 0 aliphatic rings. The van der Waals surface area contributed by atoms with Gasteiger partial charge < -0.3 is 5.11 Å². The zero-order valence-electron chi connectivity index (χ0n) is 8.36. The Kier molecular flexibility index (Phi) is 4.03. The zero-order valence-corrected chi connectivity index (χ0v) is 11.5. The number of benzene rings is 1. The highest BCUT2D eigenvalue weighted by molar-refractivity contribution is 9.10. The lowest BCUT2D eigenvalue weighted by Crippen LogP contribution is -1.99. The molecule has 0 fully saturated rings. The fourth-order valence-electron chi connectivity index (χ4n) is 1.48. The average Bonchev–Trinajstić information content (AvgIpc) is 2.68. The highest BCUT2D eigenvalue weighted by atomic mass is 79.9. The summed E-state index contributed by atoms with van der Waals surface area (Å²) in [6, 6.07) is 11.6. The molecule has 4 heteroatoms. The molecule has 0 saturated carbocycles. The van der Waals surface area contributed by atoms with Crippen molar-refractivity contribution in [3.8, 4) is 0 Å². The fourth-order valence-corrected chi connectivity index (χ4v) is 2.97. The summed E-state index contributed by atoms with van der Waals surface area (Å²) >= 11 is 10.7. The average molecular weight is 318 g/mol. The Hall–Kier alpha value is -0.350. The van der Waals surface area contributed by atoms with Crippen LogP contribution in [0.5, 0.6) is 0 Å². The summed E-state index contributed by atoms with van der Waals surface area (Å²) in [5.41, 5.74) is 1.10. The predicted molar refractivity (Wildman–Crippen MR) is 72.1 cm³/mol. The van der Waals surface area contributed by atoms with Gasteiger partial charge in [0.25, 0.3) is 0 Å². The van der Waals surface area contributed by atoms with Gasteiger partial charge >= 0.3 is 0 Å². The van der Waals surface area contributed by atoms with E-state index in [4.69, 9.17) is 11.6 Å². The molecule has 1 nitrogen and oxygen atoms in total. The van der Waals surface area contributed by atoms with Crippen molar-refractivity contribution in [1.82, 2.24) is 0 Å². The third-order valence-electron chi connectivity index (χ3n) is 2.29. The molecule has 0 spiro atoms. The summed E-state index contributed by atoms with van der Waals surface area (Å²) in [5.74, 6) is 0. The smallest absolute Gasteiger partial charge is 0.0932 e. The van der Waals surface area contributed by atoms with Crippen LogP contribution in [0.2, 0.25) is 4.34 Å². The molecule has 0 aliphatic carbocycles. The molecule has 1 N–H and O–H groups in total. The number of aliphatic hydroxyl groups excluding tert-OH is 1. The Morgan fingerprint density at radius 2 is 2.00 bits per heavy atom. The van der Waals surface area contributed by atoms with E-state index in [1.807, 2.05) is 36.4 Å². The van der Waals surface area contributed by atoms with Crippen LogP contribution in [-0.4, -0.2) is 5.11 Å². The summed E-state index contributed by atoms with van der Waals surface area (Å²) in [4.78, 5) is 0.903. The van der Waals surface area contributed by atoms with E-state index in [1.165, 1.54) is 11.3 Å². The normalized spacial score (nSPS) is 12.7. The molecular formula is C12H10BrClOS. The summed E-state index contributed by atoms with van der Waals surface area (Å²) in [6.45, 7) is 0. The van der Waals surface area contributed by atoms with E-state index in [2.05, 4.69) is 15.9 Å². The second-order valence-electron chi connectivity index (χ2n) is 3.45. The fraction of sp³-hybridized carbons (Fsp3) is 0.167. The maximum absolute atomic E-state index is 10.0. The molecule has 0 aliphatic heterocycles. The molecule has 0 amide bonds. The minimum atomic E-state index is -0.490. The maximum atomic E-state index is 10.0. The van der Waals surface area contributed by atoms with Crippen molar-refractivity contribution in [2.75, 3.05) is 0 Å². The van der Waals surface area contributed by atoms with E-state index in [9.17, 15) is 5.11 Å². The zero-order chi connectivity index (χ0) is 11.5. The molecule has 1 heterocycles. The first kappa shape index (κ1) is 12.1. The van der Waals surface area contributed by atoms with Crippen LogP contribution in [0.4, 0.5) is 0 Å². The van der Waals surface area contributed by atoms with Gasteiger partial charge in [-0.15, -0.1) is 11.3 Å². The first-order valence-electron chi connectivity index (χ1n) is 4.83. The van der Waals surface area contributed by atoms with Crippen LogP contribution in [-0.2, 0) is 6.42 Å². The van der Waals surface area contributed by atoms with Crippen molar-refractivity contribution < 1.29 is 5.11 Å². The number of hydrogen-bond acceptors (Lipinski definition) is 2. The number of rotatable bonds is 3. The Morgan fingerprint density at radius 3 is 2.62 bits per heavy atom. The van der Waals surface area contributed by atoms with Crippen molar-refractivity contribution in [2.24, 2.45) is 0 Å². The van der Waals surface area contributed by atoms with E-state index in [1.54, 1.807) is 0 Å². The van der Waals surface area contributed by atoms with E-state index in [0.29, 0.717) is 10.8 Å². The third kappa shape index (κ3) is 2.86. The van der Waals surface area contributed by atoms with Crippen LogP contribution < -0.4 is 0 Å². The Morgan fingerprint density at radius 1 is 1.25 bits per heavy atom. The second kappa shape index (κ2) is 5.32. The second-order valence-corrected chi connectivity index (χ2v) is 6.05.